The molecular formula is C27H26NO4P. The highest BCUT2D eigenvalue weighted by atomic mass is 31.2. The number of nitrogens with zero attached hydrogens (tertiary/aromatic N) is 1. The fourth-order valence-corrected chi connectivity index (χ4v) is 8.50. The van der Waals surface area contributed by atoms with E-state index in [1.807, 2.05) is 91.9 Å². The van der Waals surface area contributed by atoms with Crippen LogP contribution in [-0.2, 0) is 25.3 Å². The zero-order chi connectivity index (χ0) is 23.1. The standard InChI is InChI=1S/C27H26NO4P/c1-20-18-21-10-8-9-15-24(21)28(20)25(29)19-32-26(30)27(16-17-27)33(31,22-11-4-2-5-12-22)23-13-6-3-7-14-23/h2-15,20H,16-19H2,1H3. The highest BCUT2D eigenvalue weighted by Gasteiger charge is 2.65. The summed E-state index contributed by atoms with van der Waals surface area (Å²) in [5, 5.41) is 0.156. The van der Waals surface area contributed by atoms with Crippen molar-refractivity contribution in [3.8, 4) is 0 Å². The number of fused-ring (bicyclic) bond motifs is 1. The number of amides is 1. The number of carbonyl (C=O) groups is 2. The molecule has 1 aliphatic carbocycles. The summed E-state index contributed by atoms with van der Waals surface area (Å²) in [7, 11) is -3.32. The van der Waals surface area contributed by atoms with Crippen molar-refractivity contribution < 1.29 is 18.9 Å². The second kappa shape index (κ2) is 8.31. The molecule has 168 valence electrons. The van der Waals surface area contributed by atoms with Gasteiger partial charge < -0.3 is 14.2 Å². The van der Waals surface area contributed by atoms with Gasteiger partial charge in [0.15, 0.2) is 13.7 Å². The molecule has 1 saturated carbocycles. The van der Waals surface area contributed by atoms with E-state index in [1.165, 1.54) is 0 Å². The van der Waals surface area contributed by atoms with Gasteiger partial charge in [0, 0.05) is 22.3 Å². The molecule has 5 nitrogen and oxygen atoms in total. The third-order valence-electron chi connectivity index (χ3n) is 6.75. The van der Waals surface area contributed by atoms with Gasteiger partial charge in [0.1, 0.15) is 5.16 Å². The predicted molar refractivity (Wildman–Crippen MR) is 130 cm³/mol. The van der Waals surface area contributed by atoms with Crippen LogP contribution in [0.25, 0.3) is 0 Å². The molecule has 3 aromatic carbocycles. The van der Waals surface area contributed by atoms with Crippen LogP contribution in [0.4, 0.5) is 5.69 Å². The van der Waals surface area contributed by atoms with E-state index in [9.17, 15) is 14.2 Å². The van der Waals surface area contributed by atoms with Gasteiger partial charge in [-0.05, 0) is 37.8 Å². The molecule has 6 heteroatoms. The van der Waals surface area contributed by atoms with Crippen LogP contribution in [0.15, 0.2) is 84.9 Å². The monoisotopic (exact) mass is 459 g/mol. The van der Waals surface area contributed by atoms with Crippen LogP contribution in [0, 0.1) is 0 Å². The van der Waals surface area contributed by atoms with Gasteiger partial charge in [-0.1, -0.05) is 78.9 Å². The van der Waals surface area contributed by atoms with Crippen molar-refractivity contribution in [3.05, 3.63) is 90.5 Å². The lowest BCUT2D eigenvalue weighted by Crippen LogP contribution is -2.41. The SMILES string of the molecule is CC1Cc2ccccc2N1C(=O)COC(=O)C1(P(=O)(c2ccccc2)c2ccccc2)CC1. The van der Waals surface area contributed by atoms with Crippen molar-refractivity contribution in [2.45, 2.75) is 37.4 Å². The molecule has 1 atom stereocenters. The van der Waals surface area contributed by atoms with Crippen LogP contribution in [-0.4, -0.2) is 29.7 Å². The molecule has 0 spiro atoms. The van der Waals surface area contributed by atoms with Crippen LogP contribution in [0.3, 0.4) is 0 Å². The van der Waals surface area contributed by atoms with Gasteiger partial charge in [-0.25, -0.2) is 0 Å². The van der Waals surface area contributed by atoms with Crippen molar-refractivity contribution in [3.63, 3.8) is 0 Å². The van der Waals surface area contributed by atoms with Crippen molar-refractivity contribution in [2.24, 2.45) is 0 Å². The quantitative estimate of drug-likeness (QED) is 0.412. The third-order valence-corrected chi connectivity index (χ3v) is 10.6. The highest BCUT2D eigenvalue weighted by molar-refractivity contribution is 7.81. The van der Waals surface area contributed by atoms with Gasteiger partial charge in [0.25, 0.3) is 5.91 Å². The Bertz CT molecular complexity index is 1190. The normalized spacial score (nSPS) is 18.5. The van der Waals surface area contributed by atoms with Gasteiger partial charge in [-0.3, -0.25) is 9.59 Å². The zero-order valence-electron chi connectivity index (χ0n) is 18.5. The minimum absolute atomic E-state index is 0.00299. The van der Waals surface area contributed by atoms with E-state index in [-0.39, 0.29) is 18.6 Å². The second-order valence-corrected chi connectivity index (χ2v) is 11.9. The lowest BCUT2D eigenvalue weighted by Gasteiger charge is -2.28. The van der Waals surface area contributed by atoms with E-state index in [0.29, 0.717) is 23.5 Å². The van der Waals surface area contributed by atoms with Crippen molar-refractivity contribution in [1.82, 2.24) is 0 Å². The summed E-state index contributed by atoms with van der Waals surface area (Å²) in [4.78, 5) is 28.1. The number of carbonyl (C=O) groups excluding carboxylic acids is 2. The summed E-state index contributed by atoms with van der Waals surface area (Å²) in [5.41, 5.74) is 1.98. The van der Waals surface area contributed by atoms with Crippen LogP contribution < -0.4 is 15.5 Å². The number of esters is 1. The second-order valence-electron chi connectivity index (χ2n) is 8.83. The summed E-state index contributed by atoms with van der Waals surface area (Å²) in [6.07, 6.45) is 1.73. The van der Waals surface area contributed by atoms with Crippen LogP contribution in [0.5, 0.6) is 0 Å². The topological polar surface area (TPSA) is 63.7 Å². The molecule has 0 N–H and O–H groups in total. The molecule has 1 fully saturated rings. The molecule has 0 saturated heterocycles. The summed E-state index contributed by atoms with van der Waals surface area (Å²) in [5.74, 6) is -0.808. The van der Waals surface area contributed by atoms with Crippen molar-refractivity contribution >= 4 is 35.3 Å². The number of benzene rings is 3. The largest absolute Gasteiger partial charge is 0.455 e. The number of ether oxygens (including phenoxy) is 1. The summed E-state index contributed by atoms with van der Waals surface area (Å²) >= 11 is 0. The Balaban J connectivity index is 1.40. The zero-order valence-corrected chi connectivity index (χ0v) is 19.4. The molecule has 1 aliphatic heterocycles. The molecule has 0 aromatic heterocycles. The number of hydrogen-bond acceptors (Lipinski definition) is 4. The molecule has 5 rings (SSSR count). The third kappa shape index (κ3) is 3.52. The smallest absolute Gasteiger partial charge is 0.320 e. The Labute approximate surface area is 193 Å². The Hall–Kier alpha value is -3.17. The number of hydrogen-bond donors (Lipinski definition) is 0. The molecule has 3 aromatic rings. The molecule has 2 aliphatic rings. The predicted octanol–water partition coefficient (Wildman–Crippen LogP) is 4.05. The van der Waals surface area contributed by atoms with E-state index >= 15 is 0 Å². The number of rotatable bonds is 6. The molecule has 33 heavy (non-hydrogen) atoms. The number of para-hydroxylation sites is 1. The van der Waals surface area contributed by atoms with Gasteiger partial charge in [0.05, 0.1) is 0 Å². The van der Waals surface area contributed by atoms with E-state index in [4.69, 9.17) is 4.74 Å². The van der Waals surface area contributed by atoms with E-state index in [1.54, 1.807) is 4.90 Å². The summed E-state index contributed by atoms with van der Waals surface area (Å²) < 4.78 is 20.3. The minimum Gasteiger partial charge on any atom is -0.455 e. The van der Waals surface area contributed by atoms with E-state index in [0.717, 1.165) is 17.7 Å². The maximum Gasteiger partial charge on any atom is 0.320 e. The summed E-state index contributed by atoms with van der Waals surface area (Å²) in [6, 6.07) is 26.1. The average Bonchev–Trinajstić information content (AvgIpc) is 3.60. The maximum absolute atomic E-state index is 14.7. The fourth-order valence-electron chi connectivity index (χ4n) is 4.96. The van der Waals surface area contributed by atoms with Crippen molar-refractivity contribution in [1.29, 1.82) is 0 Å². The van der Waals surface area contributed by atoms with E-state index < -0.39 is 18.3 Å². The number of anilines is 1. The maximum atomic E-state index is 14.7. The molecule has 1 unspecified atom stereocenters. The first-order chi connectivity index (χ1) is 16.0. The molecule has 1 heterocycles. The first-order valence-corrected chi connectivity index (χ1v) is 13.0. The molecule has 0 bridgehead atoms. The van der Waals surface area contributed by atoms with Crippen LogP contribution >= 0.6 is 7.14 Å². The molecule has 1 amide bonds. The Kier molecular flexibility index (Phi) is 5.46. The average molecular weight is 459 g/mol. The van der Waals surface area contributed by atoms with Gasteiger partial charge in [-0.2, -0.15) is 0 Å². The highest BCUT2D eigenvalue weighted by Crippen LogP contribution is 2.68. The fraction of sp³-hybridized carbons (Fsp3) is 0.259. The lowest BCUT2D eigenvalue weighted by atomic mass is 10.1. The van der Waals surface area contributed by atoms with Gasteiger partial charge >= 0.3 is 5.97 Å². The first kappa shape index (κ1) is 21.7. The molecule has 0 radical (unpaired) electrons. The minimum atomic E-state index is -3.32. The van der Waals surface area contributed by atoms with Gasteiger partial charge in [0.2, 0.25) is 0 Å². The molecular weight excluding hydrogens is 433 g/mol. The van der Waals surface area contributed by atoms with Crippen molar-refractivity contribution in [2.75, 3.05) is 11.5 Å². The Morgan fingerprint density at radius 2 is 1.45 bits per heavy atom. The first-order valence-electron chi connectivity index (χ1n) is 11.3. The summed E-state index contributed by atoms with van der Waals surface area (Å²) in [6.45, 7) is 1.63. The van der Waals surface area contributed by atoms with Gasteiger partial charge in [-0.15, -0.1) is 0 Å². The van der Waals surface area contributed by atoms with E-state index in [2.05, 4.69) is 0 Å². The lowest BCUT2D eigenvalue weighted by molar-refractivity contribution is -0.148. The van der Waals surface area contributed by atoms with Crippen LogP contribution in [0.1, 0.15) is 25.3 Å². The Morgan fingerprint density at radius 1 is 0.909 bits per heavy atom. The van der Waals surface area contributed by atoms with Crippen LogP contribution in [0.2, 0.25) is 0 Å². The Morgan fingerprint density at radius 3 is 2.03 bits per heavy atom.